The Balaban J connectivity index is 1.86. The normalized spacial score (nSPS) is 11.4. The zero-order valence-corrected chi connectivity index (χ0v) is 21.4. The Labute approximate surface area is 208 Å². The Morgan fingerprint density at radius 1 is 0.543 bits per heavy atom. The molecule has 4 N–H and O–H groups in total. The van der Waals surface area contributed by atoms with E-state index in [-0.39, 0.29) is 0 Å². The summed E-state index contributed by atoms with van der Waals surface area (Å²) in [6, 6.07) is 23.7. The van der Waals surface area contributed by atoms with Crippen molar-refractivity contribution in [1.82, 2.24) is 0 Å². The molecule has 0 atom stereocenters. The number of nitrogens with two attached hydrogens (primary N) is 2. The van der Waals surface area contributed by atoms with Crippen molar-refractivity contribution in [3.05, 3.63) is 106 Å². The molecule has 0 aliphatic heterocycles. The molecule has 4 heteroatoms. The minimum absolute atomic E-state index is 0.417. The van der Waals surface area contributed by atoms with E-state index < -0.39 is 5.41 Å². The summed E-state index contributed by atoms with van der Waals surface area (Å²) in [4.78, 5) is 0. The van der Waals surface area contributed by atoms with E-state index in [0.29, 0.717) is 11.4 Å². The molecule has 0 saturated heterocycles. The van der Waals surface area contributed by atoms with Crippen LogP contribution in [0.4, 0.5) is 11.4 Å². The second-order valence-corrected chi connectivity index (χ2v) is 9.88. The second-order valence-electron chi connectivity index (χ2n) is 9.88. The van der Waals surface area contributed by atoms with Crippen LogP contribution in [0.25, 0.3) is 0 Å². The lowest BCUT2D eigenvalue weighted by atomic mass is 9.75. The summed E-state index contributed by atoms with van der Waals surface area (Å²) in [6.45, 7) is 12.9. The monoisotopic (exact) mass is 466 g/mol. The molecule has 0 radical (unpaired) electrons. The standard InChI is InChI=1S/C31H34N2O2/c1-19-15-21(3)29(34-25-11-7-23(32)8-12-25)27(17-19)31(5,6)28-18-20(2)16-22(4)30(28)35-26-13-9-24(33)10-14-26/h7-18H,32-33H2,1-6H3. The lowest BCUT2D eigenvalue weighted by Crippen LogP contribution is -2.22. The van der Waals surface area contributed by atoms with E-state index in [2.05, 4.69) is 65.8 Å². The number of hydrogen-bond acceptors (Lipinski definition) is 4. The molecule has 0 spiro atoms. The average Bonchev–Trinajstić information content (AvgIpc) is 2.79. The van der Waals surface area contributed by atoms with Gasteiger partial charge in [-0.25, -0.2) is 0 Å². The van der Waals surface area contributed by atoms with Crippen LogP contribution in [-0.4, -0.2) is 0 Å². The van der Waals surface area contributed by atoms with Crippen molar-refractivity contribution in [3.63, 3.8) is 0 Å². The predicted octanol–water partition coefficient (Wildman–Crippen LogP) is 8.00. The third kappa shape index (κ3) is 5.12. The van der Waals surface area contributed by atoms with Crippen molar-refractivity contribution >= 4 is 11.4 Å². The largest absolute Gasteiger partial charge is 0.457 e. The van der Waals surface area contributed by atoms with E-state index in [1.165, 1.54) is 11.1 Å². The first-order chi connectivity index (χ1) is 16.5. The third-order valence-electron chi connectivity index (χ3n) is 6.38. The van der Waals surface area contributed by atoms with Gasteiger partial charge in [-0.05, 0) is 87.4 Å². The number of hydrogen-bond donors (Lipinski definition) is 2. The van der Waals surface area contributed by atoms with Crippen LogP contribution in [0.2, 0.25) is 0 Å². The summed E-state index contributed by atoms with van der Waals surface area (Å²) in [5.74, 6) is 3.20. The van der Waals surface area contributed by atoms with Crippen molar-refractivity contribution in [3.8, 4) is 23.0 Å². The molecule has 35 heavy (non-hydrogen) atoms. The Kier molecular flexibility index (Phi) is 6.49. The first-order valence-corrected chi connectivity index (χ1v) is 11.8. The van der Waals surface area contributed by atoms with Crippen LogP contribution in [0.5, 0.6) is 23.0 Å². The van der Waals surface area contributed by atoms with Crippen molar-refractivity contribution in [2.24, 2.45) is 0 Å². The summed E-state index contributed by atoms with van der Waals surface area (Å²) in [5, 5.41) is 0. The maximum atomic E-state index is 6.48. The number of benzene rings is 4. The third-order valence-corrected chi connectivity index (χ3v) is 6.38. The van der Waals surface area contributed by atoms with Crippen molar-refractivity contribution in [2.75, 3.05) is 11.5 Å². The van der Waals surface area contributed by atoms with E-state index in [0.717, 1.165) is 45.3 Å². The maximum absolute atomic E-state index is 6.48. The highest BCUT2D eigenvalue weighted by Gasteiger charge is 2.32. The van der Waals surface area contributed by atoms with Crippen LogP contribution < -0.4 is 20.9 Å². The SMILES string of the molecule is Cc1cc(C)c(Oc2ccc(N)cc2)c(C(C)(C)c2cc(C)cc(C)c2Oc2ccc(N)cc2)c1. The number of rotatable bonds is 6. The lowest BCUT2D eigenvalue weighted by Gasteiger charge is -2.32. The smallest absolute Gasteiger partial charge is 0.134 e. The van der Waals surface area contributed by atoms with Gasteiger partial charge in [0.05, 0.1) is 0 Å². The van der Waals surface area contributed by atoms with Gasteiger partial charge in [-0.2, -0.15) is 0 Å². The average molecular weight is 467 g/mol. The molecule has 0 amide bonds. The zero-order chi connectivity index (χ0) is 25.3. The molecule has 0 aromatic heterocycles. The minimum atomic E-state index is -0.417. The van der Waals surface area contributed by atoms with Crippen molar-refractivity contribution in [1.29, 1.82) is 0 Å². The van der Waals surface area contributed by atoms with E-state index in [1.807, 2.05) is 48.5 Å². The van der Waals surface area contributed by atoms with Gasteiger partial charge in [-0.3, -0.25) is 0 Å². The van der Waals surface area contributed by atoms with Crippen LogP contribution >= 0.6 is 0 Å². The first kappa shape index (κ1) is 24.2. The molecule has 0 unspecified atom stereocenters. The number of aryl methyl sites for hydroxylation is 4. The van der Waals surface area contributed by atoms with Crippen LogP contribution in [0.15, 0.2) is 72.8 Å². The van der Waals surface area contributed by atoms with E-state index >= 15 is 0 Å². The maximum Gasteiger partial charge on any atom is 0.134 e. The molecule has 4 nitrogen and oxygen atoms in total. The van der Waals surface area contributed by atoms with Gasteiger partial charge >= 0.3 is 0 Å². The highest BCUT2D eigenvalue weighted by atomic mass is 16.5. The van der Waals surface area contributed by atoms with E-state index in [1.54, 1.807) is 0 Å². The van der Waals surface area contributed by atoms with Crippen LogP contribution in [0, 0.1) is 27.7 Å². The molecule has 4 aromatic rings. The quantitative estimate of drug-likeness (QED) is 0.282. The van der Waals surface area contributed by atoms with Gasteiger partial charge in [0.1, 0.15) is 23.0 Å². The molecular weight excluding hydrogens is 432 g/mol. The van der Waals surface area contributed by atoms with E-state index in [4.69, 9.17) is 20.9 Å². The lowest BCUT2D eigenvalue weighted by molar-refractivity contribution is 0.441. The first-order valence-electron chi connectivity index (χ1n) is 11.8. The fourth-order valence-electron chi connectivity index (χ4n) is 4.56. The van der Waals surface area contributed by atoms with Gasteiger partial charge in [0.2, 0.25) is 0 Å². The van der Waals surface area contributed by atoms with Gasteiger partial charge in [-0.1, -0.05) is 49.2 Å². The summed E-state index contributed by atoms with van der Waals surface area (Å²) < 4.78 is 13.0. The van der Waals surface area contributed by atoms with Crippen LogP contribution in [0.3, 0.4) is 0 Å². The molecular formula is C31H34N2O2. The predicted molar refractivity (Wildman–Crippen MR) is 146 cm³/mol. The van der Waals surface area contributed by atoms with Crippen molar-refractivity contribution < 1.29 is 9.47 Å². The van der Waals surface area contributed by atoms with Gasteiger partial charge in [-0.15, -0.1) is 0 Å². The summed E-state index contributed by atoms with van der Waals surface area (Å²) in [6.07, 6.45) is 0. The summed E-state index contributed by atoms with van der Waals surface area (Å²) in [7, 11) is 0. The second kappa shape index (κ2) is 9.38. The van der Waals surface area contributed by atoms with Gasteiger partial charge in [0.25, 0.3) is 0 Å². The molecule has 0 aliphatic rings. The van der Waals surface area contributed by atoms with Gasteiger partial charge in [0.15, 0.2) is 0 Å². The Bertz CT molecular complexity index is 1250. The molecule has 0 fully saturated rings. The molecule has 0 saturated carbocycles. The zero-order valence-electron chi connectivity index (χ0n) is 21.4. The minimum Gasteiger partial charge on any atom is -0.457 e. The highest BCUT2D eigenvalue weighted by molar-refractivity contribution is 5.59. The van der Waals surface area contributed by atoms with Gasteiger partial charge in [0, 0.05) is 27.9 Å². The van der Waals surface area contributed by atoms with E-state index in [9.17, 15) is 0 Å². The van der Waals surface area contributed by atoms with Crippen LogP contribution in [0.1, 0.15) is 47.2 Å². The topological polar surface area (TPSA) is 70.5 Å². The molecule has 0 bridgehead atoms. The Morgan fingerprint density at radius 2 is 0.886 bits per heavy atom. The van der Waals surface area contributed by atoms with Gasteiger partial charge < -0.3 is 20.9 Å². The van der Waals surface area contributed by atoms with Crippen molar-refractivity contribution in [2.45, 2.75) is 47.0 Å². The summed E-state index contributed by atoms with van der Waals surface area (Å²) in [5.41, 5.74) is 19.5. The Morgan fingerprint density at radius 3 is 1.23 bits per heavy atom. The molecule has 0 aliphatic carbocycles. The number of anilines is 2. The number of nitrogen functional groups attached to an aromatic ring is 2. The molecule has 180 valence electrons. The highest BCUT2D eigenvalue weighted by Crippen LogP contribution is 2.46. The molecule has 4 rings (SSSR count). The van der Waals surface area contributed by atoms with Crippen LogP contribution in [-0.2, 0) is 5.41 Å². The fraction of sp³-hybridized carbons (Fsp3) is 0.226. The fourth-order valence-corrected chi connectivity index (χ4v) is 4.56. The summed E-state index contributed by atoms with van der Waals surface area (Å²) >= 11 is 0. The molecule has 4 aromatic carbocycles. The molecule has 0 heterocycles. The Hall–Kier alpha value is -3.92. The number of ether oxygens (including phenoxy) is 2.